The highest BCUT2D eigenvalue weighted by Crippen LogP contribution is 2.40. The maximum absolute atomic E-state index is 12.8. The first-order chi connectivity index (χ1) is 9.99. The van der Waals surface area contributed by atoms with Crippen molar-refractivity contribution in [2.24, 2.45) is 5.41 Å². The molecule has 122 valence electrons. The molecule has 0 N–H and O–H groups in total. The van der Waals surface area contributed by atoms with Gasteiger partial charge in [0.2, 0.25) is 0 Å². The predicted octanol–water partition coefficient (Wildman–Crippen LogP) is 5.55. The number of aryl methyl sites for hydroxylation is 1. The van der Waals surface area contributed by atoms with Crippen molar-refractivity contribution in [2.75, 3.05) is 4.90 Å². The van der Waals surface area contributed by atoms with Gasteiger partial charge in [-0.05, 0) is 62.8 Å². The Morgan fingerprint density at radius 3 is 2.41 bits per heavy atom. The molecule has 0 fully saturated rings. The Kier molecular flexibility index (Phi) is 4.63. The average Bonchev–Trinajstić information content (AvgIpc) is 2.33. The number of amides is 1. The van der Waals surface area contributed by atoms with Crippen molar-refractivity contribution in [1.29, 1.82) is 0 Å². The van der Waals surface area contributed by atoms with Gasteiger partial charge in [-0.15, -0.1) is 0 Å². The van der Waals surface area contributed by atoms with Crippen LogP contribution in [0.1, 0.15) is 53.5 Å². The molecule has 0 aliphatic carbocycles. The lowest BCUT2D eigenvalue weighted by molar-refractivity contribution is 0.0531. The SMILES string of the molecule is CC(C)(C)OC(=O)N1c2ccc(Br)cc2CCC1C(C)(C)C. The fourth-order valence-electron chi connectivity index (χ4n) is 2.94. The summed E-state index contributed by atoms with van der Waals surface area (Å²) in [6.07, 6.45) is 1.68. The van der Waals surface area contributed by atoms with Crippen LogP contribution >= 0.6 is 15.9 Å². The molecule has 1 aromatic carbocycles. The van der Waals surface area contributed by atoms with Crippen LogP contribution in [0.5, 0.6) is 0 Å². The van der Waals surface area contributed by atoms with E-state index in [1.165, 1.54) is 5.56 Å². The standard InChI is InChI=1S/C18H26BrNO2/c1-17(2,3)15-10-7-12-11-13(19)8-9-14(12)20(15)16(21)22-18(4,5)6/h8-9,11,15H,7,10H2,1-6H3. The van der Waals surface area contributed by atoms with E-state index in [9.17, 15) is 4.79 Å². The van der Waals surface area contributed by atoms with Gasteiger partial charge in [0.25, 0.3) is 0 Å². The molecule has 3 nitrogen and oxygen atoms in total. The number of halogens is 1. The molecule has 1 heterocycles. The summed E-state index contributed by atoms with van der Waals surface area (Å²) in [4.78, 5) is 14.7. The molecule has 1 aliphatic heterocycles. The highest BCUT2D eigenvalue weighted by molar-refractivity contribution is 9.10. The van der Waals surface area contributed by atoms with Gasteiger partial charge in [0.05, 0.1) is 5.69 Å². The fraction of sp³-hybridized carbons (Fsp3) is 0.611. The number of carbonyl (C=O) groups excluding carboxylic acids is 1. The molecule has 2 rings (SSSR count). The van der Waals surface area contributed by atoms with E-state index in [0.29, 0.717) is 0 Å². The second-order valence-electron chi connectivity index (χ2n) is 8.04. The molecule has 22 heavy (non-hydrogen) atoms. The second kappa shape index (κ2) is 5.88. The Labute approximate surface area is 142 Å². The number of nitrogens with zero attached hydrogens (tertiary/aromatic N) is 1. The van der Waals surface area contributed by atoms with E-state index in [4.69, 9.17) is 4.74 Å². The number of ether oxygens (including phenoxy) is 1. The van der Waals surface area contributed by atoms with Crippen LogP contribution in [0.3, 0.4) is 0 Å². The van der Waals surface area contributed by atoms with E-state index < -0.39 is 5.60 Å². The van der Waals surface area contributed by atoms with E-state index in [1.54, 1.807) is 0 Å². The van der Waals surface area contributed by atoms with Gasteiger partial charge >= 0.3 is 6.09 Å². The summed E-state index contributed by atoms with van der Waals surface area (Å²) in [5.41, 5.74) is 1.68. The summed E-state index contributed by atoms with van der Waals surface area (Å²) in [6, 6.07) is 6.24. The maximum Gasteiger partial charge on any atom is 0.415 e. The van der Waals surface area contributed by atoms with Gasteiger partial charge in [-0.1, -0.05) is 36.7 Å². The van der Waals surface area contributed by atoms with Crippen LogP contribution < -0.4 is 4.90 Å². The number of benzene rings is 1. The number of rotatable bonds is 0. The van der Waals surface area contributed by atoms with Gasteiger partial charge in [-0.3, -0.25) is 4.90 Å². The predicted molar refractivity (Wildman–Crippen MR) is 94.4 cm³/mol. The van der Waals surface area contributed by atoms with Crippen LogP contribution in [-0.4, -0.2) is 17.7 Å². The number of hydrogen-bond donors (Lipinski definition) is 0. The van der Waals surface area contributed by atoms with Crippen LogP contribution in [0.25, 0.3) is 0 Å². The lowest BCUT2D eigenvalue weighted by Gasteiger charge is -2.44. The topological polar surface area (TPSA) is 29.5 Å². The third kappa shape index (κ3) is 3.83. The lowest BCUT2D eigenvalue weighted by atomic mass is 9.79. The first-order valence-corrected chi connectivity index (χ1v) is 8.59. The largest absolute Gasteiger partial charge is 0.443 e. The molecule has 1 aromatic rings. The van der Waals surface area contributed by atoms with Crippen molar-refractivity contribution >= 4 is 27.7 Å². The zero-order valence-electron chi connectivity index (χ0n) is 14.4. The highest BCUT2D eigenvalue weighted by Gasteiger charge is 2.39. The van der Waals surface area contributed by atoms with Gasteiger partial charge in [0, 0.05) is 10.5 Å². The summed E-state index contributed by atoms with van der Waals surface area (Å²) < 4.78 is 6.71. The van der Waals surface area contributed by atoms with Gasteiger partial charge in [0.15, 0.2) is 0 Å². The highest BCUT2D eigenvalue weighted by atomic mass is 79.9. The third-order valence-corrected chi connectivity index (χ3v) is 4.38. The lowest BCUT2D eigenvalue weighted by Crippen LogP contribution is -2.51. The van der Waals surface area contributed by atoms with E-state index in [-0.39, 0.29) is 17.6 Å². The minimum atomic E-state index is -0.494. The fourth-order valence-corrected chi connectivity index (χ4v) is 3.34. The number of fused-ring (bicyclic) bond motifs is 1. The van der Waals surface area contributed by atoms with Crippen LogP contribution in [-0.2, 0) is 11.2 Å². The van der Waals surface area contributed by atoms with Crippen molar-refractivity contribution in [1.82, 2.24) is 0 Å². The normalized spacial score (nSPS) is 18.9. The summed E-state index contributed by atoms with van der Waals surface area (Å²) in [5.74, 6) is 0. The summed E-state index contributed by atoms with van der Waals surface area (Å²) in [6.45, 7) is 12.3. The first kappa shape index (κ1) is 17.3. The monoisotopic (exact) mass is 367 g/mol. The third-order valence-electron chi connectivity index (χ3n) is 3.89. The molecule has 1 unspecified atom stereocenters. The number of hydrogen-bond acceptors (Lipinski definition) is 2. The first-order valence-electron chi connectivity index (χ1n) is 7.80. The van der Waals surface area contributed by atoms with Gasteiger partial charge in [0.1, 0.15) is 5.60 Å². The minimum Gasteiger partial charge on any atom is -0.443 e. The summed E-state index contributed by atoms with van der Waals surface area (Å²) in [7, 11) is 0. The molecule has 1 atom stereocenters. The van der Waals surface area contributed by atoms with Crippen molar-refractivity contribution < 1.29 is 9.53 Å². The molecule has 0 spiro atoms. The van der Waals surface area contributed by atoms with Crippen molar-refractivity contribution in [3.8, 4) is 0 Å². The van der Waals surface area contributed by atoms with E-state index in [2.05, 4.69) is 42.8 Å². The zero-order valence-corrected chi connectivity index (χ0v) is 16.0. The average molecular weight is 368 g/mol. The Bertz CT molecular complexity index is 569. The molecular formula is C18H26BrNO2. The molecule has 0 bridgehead atoms. The Hall–Kier alpha value is -1.03. The zero-order chi connectivity index (χ0) is 16.7. The smallest absolute Gasteiger partial charge is 0.415 e. The molecule has 0 saturated heterocycles. The van der Waals surface area contributed by atoms with Crippen molar-refractivity contribution in [2.45, 2.75) is 66.0 Å². The van der Waals surface area contributed by atoms with E-state index in [1.807, 2.05) is 37.8 Å². The number of anilines is 1. The van der Waals surface area contributed by atoms with Crippen LogP contribution in [0.4, 0.5) is 10.5 Å². The molecule has 1 amide bonds. The van der Waals surface area contributed by atoms with Gasteiger partial charge in [-0.2, -0.15) is 0 Å². The Morgan fingerprint density at radius 2 is 1.86 bits per heavy atom. The maximum atomic E-state index is 12.8. The quantitative estimate of drug-likeness (QED) is 0.601. The minimum absolute atomic E-state index is 0.00165. The molecule has 1 aliphatic rings. The second-order valence-corrected chi connectivity index (χ2v) is 8.96. The molecule has 0 aromatic heterocycles. The number of carbonyl (C=O) groups is 1. The van der Waals surface area contributed by atoms with E-state index in [0.717, 1.165) is 23.0 Å². The Balaban J connectivity index is 2.45. The Morgan fingerprint density at radius 1 is 1.23 bits per heavy atom. The molecule has 0 saturated carbocycles. The van der Waals surface area contributed by atoms with Crippen LogP contribution in [0, 0.1) is 5.41 Å². The van der Waals surface area contributed by atoms with Crippen molar-refractivity contribution in [3.05, 3.63) is 28.2 Å². The van der Waals surface area contributed by atoms with Crippen molar-refractivity contribution in [3.63, 3.8) is 0 Å². The van der Waals surface area contributed by atoms with Crippen LogP contribution in [0.2, 0.25) is 0 Å². The van der Waals surface area contributed by atoms with Gasteiger partial charge < -0.3 is 4.74 Å². The molecule has 0 radical (unpaired) electrons. The van der Waals surface area contributed by atoms with Gasteiger partial charge in [-0.25, -0.2) is 4.79 Å². The summed E-state index contributed by atoms with van der Waals surface area (Å²) >= 11 is 3.52. The van der Waals surface area contributed by atoms with Crippen LogP contribution in [0.15, 0.2) is 22.7 Å². The molecular weight excluding hydrogens is 342 g/mol. The summed E-state index contributed by atoms with van der Waals surface area (Å²) in [5, 5.41) is 0. The molecule has 4 heteroatoms. The van der Waals surface area contributed by atoms with E-state index >= 15 is 0 Å².